The molecule has 3 nitrogen and oxygen atoms in total. The maximum absolute atomic E-state index is 13.1. The van der Waals surface area contributed by atoms with Gasteiger partial charge in [-0.3, -0.25) is 4.90 Å². The lowest BCUT2D eigenvalue weighted by Gasteiger charge is -2.38. The van der Waals surface area contributed by atoms with Crippen LogP contribution in [-0.4, -0.2) is 41.5 Å². The highest BCUT2D eigenvalue weighted by atomic mass is 32.2. The standard InChI is InChI=1S/C23H27F3N2OS/c1-29-21-9-5-17(6-10-21)16-27-13-11-20(12-14-27)28(19-7-8-19)30-22-4-2-3-18(15-22)23(24,25)26/h2-6,9-10,15,19-20H,7-8,11-14,16H2,1H3. The molecule has 0 radical (unpaired) electrons. The molecule has 0 unspecified atom stereocenters. The summed E-state index contributed by atoms with van der Waals surface area (Å²) >= 11 is 1.51. The number of hydrogen-bond acceptors (Lipinski definition) is 4. The summed E-state index contributed by atoms with van der Waals surface area (Å²) in [5.74, 6) is 0.865. The predicted octanol–water partition coefficient (Wildman–Crippen LogP) is 5.85. The maximum Gasteiger partial charge on any atom is 0.416 e. The highest BCUT2D eigenvalue weighted by Crippen LogP contribution is 2.41. The van der Waals surface area contributed by atoms with Gasteiger partial charge >= 0.3 is 6.18 Å². The Kier molecular flexibility index (Phi) is 6.60. The molecular formula is C23H27F3N2OS. The first-order valence-corrected chi connectivity index (χ1v) is 11.2. The predicted molar refractivity (Wildman–Crippen MR) is 113 cm³/mol. The Balaban J connectivity index is 1.35. The van der Waals surface area contributed by atoms with E-state index in [4.69, 9.17) is 4.74 Å². The van der Waals surface area contributed by atoms with E-state index < -0.39 is 11.7 Å². The second kappa shape index (κ2) is 9.20. The number of nitrogens with zero attached hydrogens (tertiary/aromatic N) is 2. The lowest BCUT2D eigenvalue weighted by atomic mass is 10.0. The Labute approximate surface area is 180 Å². The molecule has 4 rings (SSSR count). The van der Waals surface area contributed by atoms with Crippen LogP contribution < -0.4 is 4.74 Å². The summed E-state index contributed by atoms with van der Waals surface area (Å²) in [6.07, 6.45) is 0.0566. The Morgan fingerprint density at radius 2 is 1.67 bits per heavy atom. The van der Waals surface area contributed by atoms with E-state index in [9.17, 15) is 13.2 Å². The van der Waals surface area contributed by atoms with Crippen molar-refractivity contribution in [1.29, 1.82) is 0 Å². The molecule has 1 aliphatic heterocycles. The molecule has 1 saturated heterocycles. The lowest BCUT2D eigenvalue weighted by molar-refractivity contribution is -0.137. The number of methoxy groups -OCH3 is 1. The second-order valence-corrected chi connectivity index (χ2v) is 9.14. The number of halogens is 3. The maximum atomic E-state index is 13.1. The molecule has 0 bridgehead atoms. The van der Waals surface area contributed by atoms with Crippen LogP contribution in [-0.2, 0) is 12.7 Å². The minimum absolute atomic E-state index is 0.407. The van der Waals surface area contributed by atoms with Gasteiger partial charge in [-0.2, -0.15) is 13.2 Å². The largest absolute Gasteiger partial charge is 0.497 e. The van der Waals surface area contributed by atoms with Gasteiger partial charge in [0.15, 0.2) is 0 Å². The fraction of sp³-hybridized carbons (Fsp3) is 0.478. The van der Waals surface area contributed by atoms with Crippen molar-refractivity contribution in [1.82, 2.24) is 9.21 Å². The van der Waals surface area contributed by atoms with Gasteiger partial charge in [-0.25, -0.2) is 4.31 Å². The van der Waals surface area contributed by atoms with E-state index in [-0.39, 0.29) is 0 Å². The molecule has 0 aromatic heterocycles. The van der Waals surface area contributed by atoms with Crippen LogP contribution in [0.2, 0.25) is 0 Å². The molecule has 0 atom stereocenters. The molecule has 30 heavy (non-hydrogen) atoms. The molecule has 162 valence electrons. The van der Waals surface area contributed by atoms with Gasteiger partial charge in [-0.1, -0.05) is 18.2 Å². The van der Waals surface area contributed by atoms with Crippen LogP contribution >= 0.6 is 11.9 Å². The number of ether oxygens (including phenoxy) is 1. The first kappa shape index (κ1) is 21.5. The highest BCUT2D eigenvalue weighted by molar-refractivity contribution is 7.97. The van der Waals surface area contributed by atoms with E-state index in [0.717, 1.165) is 57.1 Å². The quantitative estimate of drug-likeness (QED) is 0.506. The van der Waals surface area contributed by atoms with Gasteiger partial charge in [0.05, 0.1) is 12.7 Å². The zero-order valence-corrected chi connectivity index (χ0v) is 17.9. The van der Waals surface area contributed by atoms with Crippen molar-refractivity contribution in [2.24, 2.45) is 0 Å². The van der Waals surface area contributed by atoms with Crippen LogP contribution in [0.25, 0.3) is 0 Å². The summed E-state index contributed by atoms with van der Waals surface area (Å²) in [6.45, 7) is 2.92. The molecule has 7 heteroatoms. The van der Waals surface area contributed by atoms with Crippen LogP contribution in [0.1, 0.15) is 36.8 Å². The van der Waals surface area contributed by atoms with Crippen LogP contribution in [0, 0.1) is 0 Å². The van der Waals surface area contributed by atoms with Gasteiger partial charge in [-0.15, -0.1) is 0 Å². The van der Waals surface area contributed by atoms with Gasteiger partial charge in [0, 0.05) is 36.6 Å². The van der Waals surface area contributed by atoms with Crippen molar-refractivity contribution < 1.29 is 17.9 Å². The average Bonchev–Trinajstić information content (AvgIpc) is 3.58. The summed E-state index contributed by atoms with van der Waals surface area (Å²) in [5.41, 5.74) is 0.698. The highest BCUT2D eigenvalue weighted by Gasteiger charge is 2.37. The molecule has 0 amide bonds. The Morgan fingerprint density at radius 1 is 1.00 bits per heavy atom. The van der Waals surface area contributed by atoms with E-state index in [2.05, 4.69) is 21.3 Å². The third-order valence-electron chi connectivity index (χ3n) is 5.76. The number of benzene rings is 2. The molecule has 1 aliphatic carbocycles. The monoisotopic (exact) mass is 436 g/mol. The van der Waals surface area contributed by atoms with Crippen molar-refractivity contribution in [3.05, 3.63) is 59.7 Å². The fourth-order valence-electron chi connectivity index (χ4n) is 3.95. The summed E-state index contributed by atoms with van der Waals surface area (Å²) in [5, 5.41) is 0. The van der Waals surface area contributed by atoms with Crippen molar-refractivity contribution in [2.75, 3.05) is 20.2 Å². The van der Waals surface area contributed by atoms with Crippen molar-refractivity contribution in [3.8, 4) is 5.75 Å². The third-order valence-corrected chi connectivity index (χ3v) is 7.03. The Bertz CT molecular complexity index is 831. The summed E-state index contributed by atoms with van der Waals surface area (Å²) in [7, 11) is 1.67. The average molecular weight is 437 g/mol. The summed E-state index contributed by atoms with van der Waals surface area (Å²) < 4.78 is 46.8. The van der Waals surface area contributed by atoms with E-state index in [0.29, 0.717) is 17.0 Å². The van der Waals surface area contributed by atoms with Gasteiger partial charge < -0.3 is 4.74 Å². The topological polar surface area (TPSA) is 15.7 Å². The number of rotatable bonds is 7. The van der Waals surface area contributed by atoms with Crippen LogP contribution in [0.15, 0.2) is 53.4 Å². The molecule has 2 aliphatic rings. The number of piperidine rings is 1. The number of alkyl halides is 3. The lowest BCUT2D eigenvalue weighted by Crippen LogP contribution is -2.42. The summed E-state index contributed by atoms with van der Waals surface area (Å²) in [4.78, 5) is 3.13. The summed E-state index contributed by atoms with van der Waals surface area (Å²) in [6, 6.07) is 14.8. The van der Waals surface area contributed by atoms with Gasteiger partial charge in [0.2, 0.25) is 0 Å². The minimum atomic E-state index is -4.30. The van der Waals surface area contributed by atoms with Crippen LogP contribution in [0.3, 0.4) is 0 Å². The molecule has 2 fully saturated rings. The Morgan fingerprint density at radius 3 is 2.27 bits per heavy atom. The molecule has 1 saturated carbocycles. The minimum Gasteiger partial charge on any atom is -0.497 e. The second-order valence-electron chi connectivity index (χ2n) is 8.06. The zero-order valence-electron chi connectivity index (χ0n) is 17.1. The van der Waals surface area contributed by atoms with Crippen LogP contribution in [0.4, 0.5) is 13.2 Å². The third kappa shape index (κ3) is 5.50. The first-order chi connectivity index (χ1) is 14.4. The molecular weight excluding hydrogens is 409 g/mol. The molecule has 1 heterocycles. The normalized spacial score (nSPS) is 18.7. The SMILES string of the molecule is COc1ccc(CN2CCC(N(Sc3cccc(C(F)(F)F)c3)C3CC3)CC2)cc1. The first-order valence-electron chi connectivity index (χ1n) is 10.4. The molecule has 2 aromatic rings. The van der Waals surface area contributed by atoms with Crippen molar-refractivity contribution >= 4 is 11.9 Å². The number of hydrogen-bond donors (Lipinski definition) is 0. The van der Waals surface area contributed by atoms with E-state index in [1.165, 1.54) is 29.6 Å². The fourth-order valence-corrected chi connectivity index (χ4v) is 5.23. The van der Waals surface area contributed by atoms with E-state index in [1.807, 2.05) is 12.1 Å². The van der Waals surface area contributed by atoms with Gasteiger partial charge in [-0.05, 0) is 73.5 Å². The van der Waals surface area contributed by atoms with Crippen molar-refractivity contribution in [2.45, 2.75) is 55.4 Å². The smallest absolute Gasteiger partial charge is 0.416 e. The van der Waals surface area contributed by atoms with Gasteiger partial charge in [0.25, 0.3) is 0 Å². The van der Waals surface area contributed by atoms with Crippen LogP contribution in [0.5, 0.6) is 5.75 Å². The molecule has 0 N–H and O–H groups in total. The van der Waals surface area contributed by atoms with E-state index >= 15 is 0 Å². The number of likely N-dealkylation sites (tertiary alicyclic amines) is 1. The Hall–Kier alpha value is -1.70. The zero-order chi connectivity index (χ0) is 21.1. The molecule has 0 spiro atoms. The molecule has 2 aromatic carbocycles. The van der Waals surface area contributed by atoms with Gasteiger partial charge in [0.1, 0.15) is 5.75 Å². The van der Waals surface area contributed by atoms with E-state index in [1.54, 1.807) is 13.2 Å². The van der Waals surface area contributed by atoms with Crippen molar-refractivity contribution in [3.63, 3.8) is 0 Å².